The monoisotopic (exact) mass is 259 g/mol. The van der Waals surface area contributed by atoms with Gasteiger partial charge in [0.25, 0.3) is 0 Å². The van der Waals surface area contributed by atoms with Crippen molar-refractivity contribution in [3.63, 3.8) is 0 Å². The minimum absolute atomic E-state index is 0.483. The minimum Gasteiger partial charge on any atom is -0.377 e. The van der Waals surface area contributed by atoms with E-state index in [1.165, 1.54) is 12.8 Å². The Bertz CT molecular complexity index is 470. The first-order valence-corrected chi connectivity index (χ1v) is 6.99. The Labute approximate surface area is 114 Å². The summed E-state index contributed by atoms with van der Waals surface area (Å²) >= 11 is 0. The molecule has 0 amide bonds. The van der Waals surface area contributed by atoms with E-state index in [1.807, 2.05) is 6.92 Å². The van der Waals surface area contributed by atoms with Gasteiger partial charge in [-0.05, 0) is 31.6 Å². The summed E-state index contributed by atoms with van der Waals surface area (Å²) in [6.07, 6.45) is 7.09. The van der Waals surface area contributed by atoms with Crippen LogP contribution in [0.1, 0.15) is 24.4 Å². The van der Waals surface area contributed by atoms with E-state index in [4.69, 9.17) is 4.74 Å². The van der Waals surface area contributed by atoms with Crippen LogP contribution in [0.25, 0.3) is 0 Å². The summed E-state index contributed by atoms with van der Waals surface area (Å²) in [5.41, 5.74) is 1.02. The van der Waals surface area contributed by atoms with Crippen molar-refractivity contribution >= 4 is 5.82 Å². The third-order valence-corrected chi connectivity index (χ3v) is 4.11. The van der Waals surface area contributed by atoms with Gasteiger partial charge in [-0.25, -0.2) is 9.97 Å². The van der Waals surface area contributed by atoms with Crippen molar-refractivity contribution in [2.45, 2.75) is 26.4 Å². The summed E-state index contributed by atoms with van der Waals surface area (Å²) in [5, 5.41) is 0. The molecule has 1 aliphatic heterocycles. The summed E-state index contributed by atoms with van der Waals surface area (Å²) in [7, 11) is 1.68. The van der Waals surface area contributed by atoms with Crippen molar-refractivity contribution in [3.8, 4) is 0 Å². The molecule has 2 heterocycles. The zero-order valence-electron chi connectivity index (χ0n) is 11.7. The highest BCUT2D eigenvalue weighted by Crippen LogP contribution is 2.34. The molecular weight excluding hydrogens is 238 g/mol. The number of hydrogen-bond acceptors (Lipinski definition) is 4. The fourth-order valence-electron chi connectivity index (χ4n) is 3.17. The van der Waals surface area contributed by atoms with E-state index in [0.29, 0.717) is 6.61 Å². The van der Waals surface area contributed by atoms with Crippen molar-refractivity contribution in [2.75, 3.05) is 25.1 Å². The molecular formula is C15H21N3O. The van der Waals surface area contributed by atoms with E-state index in [-0.39, 0.29) is 0 Å². The number of methoxy groups -OCH3 is 1. The molecule has 4 heteroatoms. The zero-order chi connectivity index (χ0) is 13.2. The number of fused-ring (bicyclic) bond motifs is 1. The highest BCUT2D eigenvalue weighted by atomic mass is 16.5. The number of aryl methyl sites for hydroxylation is 1. The van der Waals surface area contributed by atoms with Gasteiger partial charge in [0.05, 0.1) is 0 Å². The van der Waals surface area contributed by atoms with Crippen LogP contribution in [-0.2, 0) is 11.3 Å². The highest BCUT2D eigenvalue weighted by molar-refractivity contribution is 5.41. The van der Waals surface area contributed by atoms with Gasteiger partial charge in [0.2, 0.25) is 0 Å². The van der Waals surface area contributed by atoms with Crippen molar-refractivity contribution in [1.82, 2.24) is 9.97 Å². The van der Waals surface area contributed by atoms with E-state index < -0.39 is 0 Å². The van der Waals surface area contributed by atoms with Crippen molar-refractivity contribution < 1.29 is 4.74 Å². The van der Waals surface area contributed by atoms with Crippen LogP contribution in [-0.4, -0.2) is 30.2 Å². The van der Waals surface area contributed by atoms with Gasteiger partial charge in [-0.15, -0.1) is 0 Å². The molecule has 1 aromatic rings. The van der Waals surface area contributed by atoms with Crippen LogP contribution in [0.2, 0.25) is 0 Å². The Kier molecular flexibility index (Phi) is 3.51. The molecule has 4 nitrogen and oxygen atoms in total. The standard InChI is InChI=1S/C15H21N3O/c1-11-7-15(17-14(16-11)10-19-2)18-8-12-5-3-4-6-13(12)9-18/h3-4,7,12-13H,5-6,8-10H2,1-2H3/t12-,13-/m1/s1. The Hall–Kier alpha value is -1.42. The largest absolute Gasteiger partial charge is 0.377 e. The third kappa shape index (κ3) is 2.63. The first-order valence-electron chi connectivity index (χ1n) is 6.99. The average Bonchev–Trinajstić information content (AvgIpc) is 2.82. The Balaban J connectivity index is 1.79. The molecule has 102 valence electrons. The molecule has 0 spiro atoms. The van der Waals surface area contributed by atoms with Crippen LogP contribution in [0, 0.1) is 18.8 Å². The van der Waals surface area contributed by atoms with Crippen LogP contribution >= 0.6 is 0 Å². The van der Waals surface area contributed by atoms with Gasteiger partial charge in [-0.1, -0.05) is 12.2 Å². The maximum Gasteiger partial charge on any atom is 0.156 e. The summed E-state index contributed by atoms with van der Waals surface area (Å²) in [6, 6.07) is 2.09. The molecule has 0 bridgehead atoms. The number of aromatic nitrogens is 2. The lowest BCUT2D eigenvalue weighted by Gasteiger charge is -2.18. The second-order valence-corrected chi connectivity index (χ2v) is 5.58. The SMILES string of the molecule is COCc1nc(C)cc(N2C[C@H]3CC=CC[C@@H]3C2)n1. The minimum atomic E-state index is 0.483. The second kappa shape index (κ2) is 5.29. The number of hydrogen-bond donors (Lipinski definition) is 0. The van der Waals surface area contributed by atoms with E-state index in [2.05, 4.69) is 33.1 Å². The molecule has 1 aliphatic carbocycles. The molecule has 0 unspecified atom stereocenters. The van der Waals surface area contributed by atoms with Crippen LogP contribution in [0.4, 0.5) is 5.82 Å². The summed E-state index contributed by atoms with van der Waals surface area (Å²) in [6.45, 7) is 4.75. The molecule has 2 atom stereocenters. The van der Waals surface area contributed by atoms with E-state index in [1.54, 1.807) is 7.11 Å². The lowest BCUT2D eigenvalue weighted by Crippen LogP contribution is -2.22. The van der Waals surface area contributed by atoms with Crippen molar-refractivity contribution in [3.05, 3.63) is 29.7 Å². The van der Waals surface area contributed by atoms with Gasteiger partial charge in [-0.2, -0.15) is 0 Å². The summed E-state index contributed by atoms with van der Waals surface area (Å²) in [4.78, 5) is 11.5. The summed E-state index contributed by atoms with van der Waals surface area (Å²) in [5.74, 6) is 3.44. The maximum absolute atomic E-state index is 5.14. The number of nitrogens with zero attached hydrogens (tertiary/aromatic N) is 3. The zero-order valence-corrected chi connectivity index (χ0v) is 11.7. The van der Waals surface area contributed by atoms with Gasteiger partial charge < -0.3 is 9.64 Å². The Morgan fingerprint density at radius 2 is 1.89 bits per heavy atom. The van der Waals surface area contributed by atoms with E-state index in [0.717, 1.165) is 42.3 Å². The molecule has 1 fully saturated rings. The predicted octanol–water partition coefficient (Wildman–Crippen LogP) is 2.33. The molecule has 0 radical (unpaired) electrons. The van der Waals surface area contributed by atoms with Gasteiger partial charge in [0, 0.05) is 32.0 Å². The van der Waals surface area contributed by atoms with Crippen LogP contribution in [0.3, 0.4) is 0 Å². The van der Waals surface area contributed by atoms with Gasteiger partial charge in [-0.3, -0.25) is 0 Å². The molecule has 0 N–H and O–H groups in total. The van der Waals surface area contributed by atoms with Crippen LogP contribution < -0.4 is 4.90 Å². The fraction of sp³-hybridized carbons (Fsp3) is 0.600. The van der Waals surface area contributed by atoms with E-state index in [9.17, 15) is 0 Å². The molecule has 1 aromatic heterocycles. The number of allylic oxidation sites excluding steroid dienone is 2. The van der Waals surface area contributed by atoms with E-state index >= 15 is 0 Å². The number of ether oxygens (including phenoxy) is 1. The Morgan fingerprint density at radius 3 is 2.53 bits per heavy atom. The summed E-state index contributed by atoms with van der Waals surface area (Å²) < 4.78 is 5.14. The molecule has 1 saturated heterocycles. The third-order valence-electron chi connectivity index (χ3n) is 4.11. The molecule has 19 heavy (non-hydrogen) atoms. The highest BCUT2D eigenvalue weighted by Gasteiger charge is 2.33. The number of anilines is 1. The second-order valence-electron chi connectivity index (χ2n) is 5.58. The van der Waals surface area contributed by atoms with Gasteiger partial charge in [0.1, 0.15) is 12.4 Å². The topological polar surface area (TPSA) is 38.2 Å². The van der Waals surface area contributed by atoms with Crippen molar-refractivity contribution in [1.29, 1.82) is 0 Å². The molecule has 2 aliphatic rings. The first-order chi connectivity index (χ1) is 9.26. The quantitative estimate of drug-likeness (QED) is 0.781. The smallest absolute Gasteiger partial charge is 0.156 e. The lowest BCUT2D eigenvalue weighted by molar-refractivity contribution is 0.177. The predicted molar refractivity (Wildman–Crippen MR) is 75.0 cm³/mol. The lowest BCUT2D eigenvalue weighted by atomic mass is 9.86. The Morgan fingerprint density at radius 1 is 1.21 bits per heavy atom. The van der Waals surface area contributed by atoms with Crippen LogP contribution in [0.5, 0.6) is 0 Å². The van der Waals surface area contributed by atoms with Gasteiger partial charge in [0.15, 0.2) is 5.82 Å². The molecule has 3 rings (SSSR count). The number of rotatable bonds is 3. The average molecular weight is 259 g/mol. The fourth-order valence-corrected chi connectivity index (χ4v) is 3.17. The molecule has 0 aromatic carbocycles. The van der Waals surface area contributed by atoms with Crippen molar-refractivity contribution in [2.24, 2.45) is 11.8 Å². The normalized spacial score (nSPS) is 25.7. The maximum atomic E-state index is 5.14. The van der Waals surface area contributed by atoms with Gasteiger partial charge >= 0.3 is 0 Å². The van der Waals surface area contributed by atoms with Crippen LogP contribution in [0.15, 0.2) is 18.2 Å². The first kappa shape index (κ1) is 12.6. The molecule has 0 saturated carbocycles.